The molecule has 0 unspecified atom stereocenters. The number of rotatable bonds is 2. The molecular weight excluding hydrogens is 254 g/mol. The molecule has 0 amide bonds. The molecule has 1 aromatic carbocycles. The lowest BCUT2D eigenvalue weighted by Gasteiger charge is -2.40. The lowest BCUT2D eigenvalue weighted by molar-refractivity contribution is 0.279. The molecule has 2 rings (SSSR count). The first-order valence-electron chi connectivity index (χ1n) is 8.49. The maximum atomic E-state index is 2.62. The monoisotopic (exact) mass is 287 g/mol. The zero-order chi connectivity index (χ0) is 15.8. The zero-order valence-electron chi connectivity index (χ0n) is 15.1. The van der Waals surface area contributed by atoms with Crippen LogP contribution in [0.2, 0.25) is 0 Å². The standard InChI is InChI=1S/C20H33N/c1-15(2)17-9-8-16(19(3,4)5)14-18(17)21-12-10-20(6,7)11-13-21/h8-9,14-15H,10-13H2,1-7H3. The largest absolute Gasteiger partial charge is 0.371 e. The summed E-state index contributed by atoms with van der Waals surface area (Å²) in [6, 6.07) is 7.14. The molecule has 1 heteroatoms. The van der Waals surface area contributed by atoms with Crippen LogP contribution in [0.5, 0.6) is 0 Å². The number of nitrogens with zero attached hydrogens (tertiary/aromatic N) is 1. The van der Waals surface area contributed by atoms with Crippen LogP contribution in [0, 0.1) is 5.41 Å². The highest BCUT2D eigenvalue weighted by molar-refractivity contribution is 5.58. The molecule has 118 valence electrons. The van der Waals surface area contributed by atoms with Crippen LogP contribution in [-0.2, 0) is 5.41 Å². The minimum absolute atomic E-state index is 0.222. The number of hydrogen-bond acceptors (Lipinski definition) is 1. The van der Waals surface area contributed by atoms with Gasteiger partial charge in [-0.1, -0.05) is 60.6 Å². The van der Waals surface area contributed by atoms with Crippen molar-refractivity contribution in [2.75, 3.05) is 18.0 Å². The minimum atomic E-state index is 0.222. The highest BCUT2D eigenvalue weighted by Gasteiger charge is 2.27. The third kappa shape index (κ3) is 3.81. The molecule has 0 spiro atoms. The van der Waals surface area contributed by atoms with Crippen molar-refractivity contribution in [3.63, 3.8) is 0 Å². The van der Waals surface area contributed by atoms with E-state index < -0.39 is 0 Å². The van der Waals surface area contributed by atoms with E-state index in [4.69, 9.17) is 0 Å². The first-order chi connectivity index (χ1) is 9.60. The minimum Gasteiger partial charge on any atom is -0.371 e. The Balaban J connectivity index is 2.36. The van der Waals surface area contributed by atoms with E-state index >= 15 is 0 Å². The number of hydrogen-bond donors (Lipinski definition) is 0. The second-order valence-corrected chi connectivity index (χ2v) is 8.83. The van der Waals surface area contributed by atoms with Gasteiger partial charge in [0.2, 0.25) is 0 Å². The van der Waals surface area contributed by atoms with E-state index in [0.29, 0.717) is 11.3 Å². The van der Waals surface area contributed by atoms with Gasteiger partial charge in [-0.3, -0.25) is 0 Å². The van der Waals surface area contributed by atoms with Crippen molar-refractivity contribution in [2.45, 2.75) is 72.6 Å². The van der Waals surface area contributed by atoms with Gasteiger partial charge in [0.15, 0.2) is 0 Å². The third-order valence-electron chi connectivity index (χ3n) is 4.98. The van der Waals surface area contributed by atoms with E-state index in [1.807, 2.05) is 0 Å². The summed E-state index contributed by atoms with van der Waals surface area (Å²) in [5, 5.41) is 0. The van der Waals surface area contributed by atoms with Crippen molar-refractivity contribution in [2.24, 2.45) is 5.41 Å². The molecule has 0 aromatic heterocycles. The summed E-state index contributed by atoms with van der Waals surface area (Å²) in [6.45, 7) is 18.7. The molecule has 1 aliphatic rings. The lowest BCUT2D eigenvalue weighted by Crippen LogP contribution is -2.38. The van der Waals surface area contributed by atoms with E-state index in [1.165, 1.54) is 42.7 Å². The Labute approximate surface area is 131 Å². The van der Waals surface area contributed by atoms with Gasteiger partial charge < -0.3 is 4.90 Å². The highest BCUT2D eigenvalue weighted by Crippen LogP contribution is 2.37. The average Bonchev–Trinajstić information content (AvgIpc) is 2.37. The van der Waals surface area contributed by atoms with E-state index in [-0.39, 0.29) is 5.41 Å². The Morgan fingerprint density at radius 3 is 2.10 bits per heavy atom. The summed E-state index contributed by atoms with van der Waals surface area (Å²) in [6.07, 6.45) is 2.59. The molecule has 0 N–H and O–H groups in total. The predicted molar refractivity (Wildman–Crippen MR) is 94.5 cm³/mol. The number of anilines is 1. The predicted octanol–water partition coefficient (Wildman–Crippen LogP) is 5.73. The quantitative estimate of drug-likeness (QED) is 0.671. The molecule has 1 saturated heterocycles. The zero-order valence-corrected chi connectivity index (χ0v) is 15.1. The summed E-state index contributed by atoms with van der Waals surface area (Å²) in [7, 11) is 0. The van der Waals surface area contributed by atoms with Gasteiger partial charge in [0.25, 0.3) is 0 Å². The van der Waals surface area contributed by atoms with E-state index in [2.05, 4.69) is 71.6 Å². The fourth-order valence-corrected chi connectivity index (χ4v) is 3.13. The molecular formula is C20H33N. The average molecular weight is 287 g/mol. The van der Waals surface area contributed by atoms with E-state index in [9.17, 15) is 0 Å². The van der Waals surface area contributed by atoms with Gasteiger partial charge in [0.05, 0.1) is 0 Å². The van der Waals surface area contributed by atoms with Gasteiger partial charge in [-0.05, 0) is 46.8 Å². The van der Waals surface area contributed by atoms with Gasteiger partial charge in [-0.2, -0.15) is 0 Å². The smallest absolute Gasteiger partial charge is 0.0404 e. The van der Waals surface area contributed by atoms with Crippen LogP contribution in [-0.4, -0.2) is 13.1 Å². The molecule has 1 heterocycles. The molecule has 1 nitrogen and oxygen atoms in total. The number of piperidine rings is 1. The fourth-order valence-electron chi connectivity index (χ4n) is 3.13. The Morgan fingerprint density at radius 2 is 1.62 bits per heavy atom. The molecule has 0 aliphatic carbocycles. The molecule has 0 atom stereocenters. The highest BCUT2D eigenvalue weighted by atomic mass is 15.1. The van der Waals surface area contributed by atoms with E-state index in [0.717, 1.165) is 0 Å². The number of benzene rings is 1. The maximum Gasteiger partial charge on any atom is 0.0404 e. The molecule has 0 saturated carbocycles. The molecule has 0 radical (unpaired) electrons. The summed E-state index contributed by atoms with van der Waals surface area (Å²) in [4.78, 5) is 2.62. The van der Waals surface area contributed by atoms with Crippen LogP contribution in [0.1, 0.15) is 78.4 Å². The van der Waals surface area contributed by atoms with Crippen LogP contribution >= 0.6 is 0 Å². The fraction of sp³-hybridized carbons (Fsp3) is 0.700. The summed E-state index contributed by atoms with van der Waals surface area (Å²) in [5.41, 5.74) is 5.16. The Kier molecular flexibility index (Phi) is 4.42. The Morgan fingerprint density at radius 1 is 1.05 bits per heavy atom. The van der Waals surface area contributed by atoms with Gasteiger partial charge in [0.1, 0.15) is 0 Å². The van der Waals surface area contributed by atoms with Crippen LogP contribution in [0.3, 0.4) is 0 Å². The maximum absolute atomic E-state index is 2.62. The van der Waals surface area contributed by atoms with Crippen LogP contribution in [0.25, 0.3) is 0 Å². The van der Waals surface area contributed by atoms with Crippen molar-refractivity contribution in [3.8, 4) is 0 Å². The van der Waals surface area contributed by atoms with E-state index in [1.54, 1.807) is 0 Å². The van der Waals surface area contributed by atoms with Crippen LogP contribution in [0.4, 0.5) is 5.69 Å². The summed E-state index contributed by atoms with van der Waals surface area (Å²) >= 11 is 0. The van der Waals surface area contributed by atoms with Crippen molar-refractivity contribution in [3.05, 3.63) is 29.3 Å². The second kappa shape index (κ2) is 5.66. The first kappa shape index (κ1) is 16.4. The molecule has 1 fully saturated rings. The Hall–Kier alpha value is -0.980. The summed E-state index contributed by atoms with van der Waals surface area (Å²) in [5.74, 6) is 0.587. The summed E-state index contributed by atoms with van der Waals surface area (Å²) < 4.78 is 0. The molecule has 1 aliphatic heterocycles. The van der Waals surface area contributed by atoms with Crippen molar-refractivity contribution < 1.29 is 0 Å². The van der Waals surface area contributed by atoms with Gasteiger partial charge in [0, 0.05) is 18.8 Å². The van der Waals surface area contributed by atoms with Gasteiger partial charge >= 0.3 is 0 Å². The SMILES string of the molecule is CC(C)c1ccc(C(C)(C)C)cc1N1CCC(C)(C)CC1. The van der Waals surface area contributed by atoms with Gasteiger partial charge in [-0.15, -0.1) is 0 Å². The third-order valence-corrected chi connectivity index (χ3v) is 4.98. The van der Waals surface area contributed by atoms with Crippen LogP contribution in [0.15, 0.2) is 18.2 Å². The van der Waals surface area contributed by atoms with Crippen LogP contribution < -0.4 is 4.90 Å². The second-order valence-electron chi connectivity index (χ2n) is 8.83. The van der Waals surface area contributed by atoms with Crippen molar-refractivity contribution >= 4 is 5.69 Å². The topological polar surface area (TPSA) is 3.24 Å². The first-order valence-corrected chi connectivity index (χ1v) is 8.49. The normalized spacial score (nSPS) is 19.1. The lowest BCUT2D eigenvalue weighted by atomic mass is 9.81. The molecule has 0 bridgehead atoms. The van der Waals surface area contributed by atoms with Gasteiger partial charge in [-0.25, -0.2) is 0 Å². The molecule has 1 aromatic rings. The van der Waals surface area contributed by atoms with Crippen molar-refractivity contribution in [1.29, 1.82) is 0 Å². The van der Waals surface area contributed by atoms with Crippen molar-refractivity contribution in [1.82, 2.24) is 0 Å². The Bertz CT molecular complexity index is 481. The molecule has 21 heavy (non-hydrogen) atoms.